The predicted molar refractivity (Wildman–Crippen MR) is 103 cm³/mol. The Kier molecular flexibility index (Phi) is 7.23. The van der Waals surface area contributed by atoms with Crippen molar-refractivity contribution >= 4 is 29.7 Å². The molecule has 1 fully saturated rings. The molecular weight excluding hydrogens is 358 g/mol. The molecule has 1 aromatic heterocycles. The van der Waals surface area contributed by atoms with Crippen molar-refractivity contribution in [3.05, 3.63) is 45.4 Å². The molecule has 0 saturated heterocycles. The fourth-order valence-corrected chi connectivity index (χ4v) is 3.15. The third-order valence-corrected chi connectivity index (χ3v) is 4.88. The molecule has 1 aliphatic carbocycles. The van der Waals surface area contributed by atoms with Gasteiger partial charge in [0.2, 0.25) is 0 Å². The zero-order chi connectivity index (χ0) is 16.9. The van der Waals surface area contributed by atoms with Gasteiger partial charge in [0.05, 0.1) is 11.6 Å². The highest BCUT2D eigenvalue weighted by molar-refractivity contribution is 7.09. The van der Waals surface area contributed by atoms with Crippen LogP contribution in [0.25, 0.3) is 0 Å². The van der Waals surface area contributed by atoms with Gasteiger partial charge in [0.15, 0.2) is 0 Å². The van der Waals surface area contributed by atoms with Crippen LogP contribution in [0.1, 0.15) is 39.5 Å². The minimum atomic E-state index is -0.164. The second kappa shape index (κ2) is 9.17. The average molecular weight is 382 g/mol. The number of rotatable bonds is 8. The van der Waals surface area contributed by atoms with Crippen LogP contribution < -0.4 is 15.8 Å². The summed E-state index contributed by atoms with van der Waals surface area (Å²) in [5, 5.41) is 5.60. The molecule has 25 heavy (non-hydrogen) atoms. The zero-order valence-electron chi connectivity index (χ0n) is 14.3. The number of hydrogen-bond acceptors (Lipinski definition) is 5. The van der Waals surface area contributed by atoms with Crippen LogP contribution in [0.15, 0.2) is 23.6 Å². The largest absolute Gasteiger partial charge is 0.493 e. The summed E-state index contributed by atoms with van der Waals surface area (Å²) in [6, 6.07) is 6.08. The van der Waals surface area contributed by atoms with Gasteiger partial charge in [-0.2, -0.15) is 0 Å². The maximum absolute atomic E-state index is 12.3. The number of aromatic nitrogens is 1. The normalized spacial score (nSPS) is 13.2. The van der Waals surface area contributed by atoms with E-state index in [2.05, 4.69) is 10.3 Å². The first-order valence-corrected chi connectivity index (χ1v) is 9.18. The Bertz CT molecular complexity index is 716. The Morgan fingerprint density at radius 3 is 2.96 bits per heavy atom. The monoisotopic (exact) mass is 381 g/mol. The third kappa shape index (κ3) is 5.70. The lowest BCUT2D eigenvalue weighted by Gasteiger charge is -2.12. The van der Waals surface area contributed by atoms with E-state index in [4.69, 9.17) is 10.5 Å². The molecule has 0 atom stereocenters. The Labute approximate surface area is 158 Å². The topological polar surface area (TPSA) is 77.2 Å². The number of aryl methyl sites for hydroxylation is 1. The Morgan fingerprint density at radius 2 is 2.24 bits per heavy atom. The molecule has 0 spiro atoms. The summed E-state index contributed by atoms with van der Waals surface area (Å²) < 4.78 is 5.94. The zero-order valence-corrected chi connectivity index (χ0v) is 15.9. The number of thiazole rings is 1. The van der Waals surface area contributed by atoms with Gasteiger partial charge in [-0.3, -0.25) is 4.79 Å². The van der Waals surface area contributed by atoms with E-state index in [1.165, 1.54) is 24.2 Å². The molecule has 7 heteroatoms. The standard InChI is InChI=1S/C18H23N3O2S.ClH/c1-12-2-5-14(16(8-12)23-10-13-3-4-13)9-20-18(22)15-11-24-17(21-15)6-7-19;/h2,5,8,11,13H,3-4,6-7,9-10,19H2,1H3,(H,20,22);1H. The number of ether oxygens (including phenoxy) is 1. The van der Waals surface area contributed by atoms with E-state index in [-0.39, 0.29) is 18.3 Å². The Morgan fingerprint density at radius 1 is 1.44 bits per heavy atom. The van der Waals surface area contributed by atoms with E-state index in [1.807, 2.05) is 25.1 Å². The number of halogens is 1. The van der Waals surface area contributed by atoms with E-state index >= 15 is 0 Å². The van der Waals surface area contributed by atoms with Crippen LogP contribution in [0.2, 0.25) is 0 Å². The highest BCUT2D eigenvalue weighted by Crippen LogP contribution is 2.30. The molecule has 5 nitrogen and oxygen atoms in total. The van der Waals surface area contributed by atoms with Crippen LogP contribution in [0.4, 0.5) is 0 Å². The van der Waals surface area contributed by atoms with Gasteiger partial charge in [-0.1, -0.05) is 12.1 Å². The molecule has 2 aromatic rings. The first kappa shape index (κ1) is 19.7. The van der Waals surface area contributed by atoms with Gasteiger partial charge in [-0.05, 0) is 43.9 Å². The molecule has 0 unspecified atom stereocenters. The molecule has 3 N–H and O–H groups in total. The van der Waals surface area contributed by atoms with E-state index < -0.39 is 0 Å². The van der Waals surface area contributed by atoms with Gasteiger partial charge in [0.1, 0.15) is 11.4 Å². The quantitative estimate of drug-likeness (QED) is 0.736. The van der Waals surface area contributed by atoms with Crippen molar-refractivity contribution in [2.75, 3.05) is 13.2 Å². The number of nitrogens with zero attached hydrogens (tertiary/aromatic N) is 1. The first-order chi connectivity index (χ1) is 11.7. The molecule has 0 bridgehead atoms. The van der Waals surface area contributed by atoms with Gasteiger partial charge in [-0.25, -0.2) is 4.98 Å². The maximum Gasteiger partial charge on any atom is 0.271 e. The van der Waals surface area contributed by atoms with Crippen molar-refractivity contribution in [2.24, 2.45) is 11.7 Å². The van der Waals surface area contributed by atoms with E-state index in [0.717, 1.165) is 28.5 Å². The minimum Gasteiger partial charge on any atom is -0.493 e. The summed E-state index contributed by atoms with van der Waals surface area (Å²) in [6.07, 6.45) is 3.22. The molecule has 1 heterocycles. The van der Waals surface area contributed by atoms with Crippen LogP contribution in [-0.2, 0) is 13.0 Å². The summed E-state index contributed by atoms with van der Waals surface area (Å²) in [5.74, 6) is 1.40. The smallest absolute Gasteiger partial charge is 0.271 e. The lowest BCUT2D eigenvalue weighted by Crippen LogP contribution is -2.23. The maximum atomic E-state index is 12.3. The predicted octanol–water partition coefficient (Wildman–Crippen LogP) is 3.09. The summed E-state index contributed by atoms with van der Waals surface area (Å²) >= 11 is 1.47. The van der Waals surface area contributed by atoms with Gasteiger partial charge in [-0.15, -0.1) is 23.7 Å². The van der Waals surface area contributed by atoms with Gasteiger partial charge >= 0.3 is 0 Å². The highest BCUT2D eigenvalue weighted by Gasteiger charge is 2.22. The van der Waals surface area contributed by atoms with Crippen LogP contribution in [0.3, 0.4) is 0 Å². The highest BCUT2D eigenvalue weighted by atomic mass is 35.5. The van der Waals surface area contributed by atoms with E-state index in [9.17, 15) is 4.79 Å². The van der Waals surface area contributed by atoms with Crippen LogP contribution >= 0.6 is 23.7 Å². The van der Waals surface area contributed by atoms with E-state index in [0.29, 0.717) is 31.1 Å². The summed E-state index contributed by atoms with van der Waals surface area (Å²) in [6.45, 7) is 3.78. The van der Waals surface area contributed by atoms with Crippen LogP contribution in [0.5, 0.6) is 5.75 Å². The number of nitrogens with one attached hydrogen (secondary N) is 1. The molecular formula is C18H24ClN3O2S. The number of amides is 1. The van der Waals surface area contributed by atoms with Gasteiger partial charge in [0.25, 0.3) is 5.91 Å². The third-order valence-electron chi connectivity index (χ3n) is 3.98. The van der Waals surface area contributed by atoms with E-state index in [1.54, 1.807) is 5.38 Å². The Balaban J connectivity index is 0.00000225. The fourth-order valence-electron chi connectivity index (χ4n) is 2.35. The van der Waals surface area contributed by atoms with Crippen molar-refractivity contribution in [3.8, 4) is 5.75 Å². The summed E-state index contributed by atoms with van der Waals surface area (Å²) in [7, 11) is 0. The molecule has 1 aromatic carbocycles. The fraction of sp³-hybridized carbons (Fsp3) is 0.444. The minimum absolute atomic E-state index is 0. The Hall–Kier alpha value is -1.63. The second-order valence-electron chi connectivity index (χ2n) is 6.21. The average Bonchev–Trinajstić information content (AvgIpc) is 3.29. The molecule has 3 rings (SSSR count). The number of carbonyl (C=O) groups excluding carboxylic acids is 1. The molecule has 0 aliphatic heterocycles. The van der Waals surface area contributed by atoms with Crippen molar-refractivity contribution in [1.29, 1.82) is 0 Å². The molecule has 136 valence electrons. The first-order valence-electron chi connectivity index (χ1n) is 8.30. The number of carbonyl (C=O) groups is 1. The lowest BCUT2D eigenvalue weighted by molar-refractivity contribution is 0.0946. The molecule has 1 amide bonds. The van der Waals surface area contributed by atoms with Crippen molar-refractivity contribution in [3.63, 3.8) is 0 Å². The molecule has 1 aliphatic rings. The van der Waals surface area contributed by atoms with Crippen molar-refractivity contribution < 1.29 is 9.53 Å². The second-order valence-corrected chi connectivity index (χ2v) is 7.16. The summed E-state index contributed by atoms with van der Waals surface area (Å²) in [4.78, 5) is 16.6. The molecule has 0 radical (unpaired) electrons. The van der Waals surface area contributed by atoms with Gasteiger partial charge < -0.3 is 15.8 Å². The summed E-state index contributed by atoms with van der Waals surface area (Å²) in [5.41, 5.74) is 8.12. The van der Waals surface area contributed by atoms with Crippen molar-refractivity contribution in [2.45, 2.75) is 32.7 Å². The van der Waals surface area contributed by atoms with Crippen molar-refractivity contribution in [1.82, 2.24) is 10.3 Å². The number of nitrogens with two attached hydrogens (primary N) is 1. The number of hydrogen-bond donors (Lipinski definition) is 2. The van der Waals surface area contributed by atoms with Gasteiger partial charge in [0, 0.05) is 23.9 Å². The lowest BCUT2D eigenvalue weighted by atomic mass is 10.1. The van der Waals surface area contributed by atoms with Crippen LogP contribution in [-0.4, -0.2) is 24.0 Å². The number of benzene rings is 1. The molecule has 1 saturated carbocycles. The SMILES string of the molecule is Cc1ccc(CNC(=O)c2csc(CCN)n2)c(OCC2CC2)c1.Cl. The van der Waals surface area contributed by atoms with Crippen LogP contribution in [0, 0.1) is 12.8 Å².